The van der Waals surface area contributed by atoms with Crippen molar-refractivity contribution in [1.82, 2.24) is 0 Å². The van der Waals surface area contributed by atoms with Gasteiger partial charge in [0.05, 0.1) is 0 Å². The van der Waals surface area contributed by atoms with E-state index < -0.39 is 0 Å². The Morgan fingerprint density at radius 1 is 0.600 bits per heavy atom. The average molecular weight is 208 g/mol. The third-order valence-electron chi connectivity index (χ3n) is 4.78. The van der Waals surface area contributed by atoms with Gasteiger partial charge < -0.3 is 0 Å². The molecule has 3 atom stereocenters. The molecule has 0 spiro atoms. The summed E-state index contributed by atoms with van der Waals surface area (Å²) in [5.41, 5.74) is 0. The first kappa shape index (κ1) is 11.5. The zero-order chi connectivity index (χ0) is 10.5. The Morgan fingerprint density at radius 2 is 1.20 bits per heavy atom. The monoisotopic (exact) mass is 208 g/mol. The molecule has 2 bridgehead atoms. The van der Waals surface area contributed by atoms with Crippen LogP contribution in [0.5, 0.6) is 0 Å². The molecule has 0 nitrogen and oxygen atoms in total. The van der Waals surface area contributed by atoms with Gasteiger partial charge in [0.25, 0.3) is 0 Å². The van der Waals surface area contributed by atoms with Gasteiger partial charge in [-0.05, 0) is 24.2 Å². The van der Waals surface area contributed by atoms with E-state index >= 15 is 0 Å². The molecule has 0 aromatic rings. The summed E-state index contributed by atoms with van der Waals surface area (Å²) in [5, 5.41) is 0. The summed E-state index contributed by atoms with van der Waals surface area (Å²) in [6.45, 7) is 2.47. The number of rotatable bonds is 0. The number of hydrogen-bond donors (Lipinski definition) is 0. The molecule has 2 aliphatic carbocycles. The molecule has 0 aliphatic heterocycles. The minimum atomic E-state index is 1.00. The number of hydrogen-bond acceptors (Lipinski definition) is 0. The summed E-state index contributed by atoms with van der Waals surface area (Å²) < 4.78 is 0. The fourth-order valence-corrected chi connectivity index (χ4v) is 3.65. The van der Waals surface area contributed by atoms with Crippen molar-refractivity contribution < 1.29 is 0 Å². The topological polar surface area (TPSA) is 0 Å². The van der Waals surface area contributed by atoms with Crippen molar-refractivity contribution in [2.24, 2.45) is 17.8 Å². The van der Waals surface area contributed by atoms with Crippen molar-refractivity contribution >= 4 is 0 Å². The maximum atomic E-state index is 2.47. The van der Waals surface area contributed by atoms with E-state index in [2.05, 4.69) is 6.92 Å². The van der Waals surface area contributed by atoms with Crippen LogP contribution in [-0.4, -0.2) is 0 Å². The summed E-state index contributed by atoms with van der Waals surface area (Å²) >= 11 is 0. The van der Waals surface area contributed by atoms with Crippen LogP contribution in [0.15, 0.2) is 0 Å². The lowest BCUT2D eigenvalue weighted by Gasteiger charge is -2.16. The van der Waals surface area contributed by atoms with Gasteiger partial charge in [0.2, 0.25) is 0 Å². The van der Waals surface area contributed by atoms with Crippen LogP contribution < -0.4 is 0 Å². The van der Waals surface area contributed by atoms with Gasteiger partial charge in [-0.2, -0.15) is 0 Å². The van der Waals surface area contributed by atoms with Crippen LogP contribution in [0.4, 0.5) is 0 Å². The Hall–Kier alpha value is 0. The molecule has 2 saturated carbocycles. The van der Waals surface area contributed by atoms with Crippen molar-refractivity contribution in [3.63, 3.8) is 0 Å². The van der Waals surface area contributed by atoms with Gasteiger partial charge in [-0.3, -0.25) is 0 Å². The van der Waals surface area contributed by atoms with E-state index in [1.165, 1.54) is 44.9 Å². The van der Waals surface area contributed by atoms with E-state index in [1.807, 2.05) is 0 Å². The van der Waals surface area contributed by atoms with Crippen LogP contribution in [0.3, 0.4) is 0 Å². The first-order valence-corrected chi connectivity index (χ1v) is 7.34. The smallest absolute Gasteiger partial charge is 0.0411 e. The highest BCUT2D eigenvalue weighted by Gasteiger charge is 2.24. The quantitative estimate of drug-likeness (QED) is 0.515. The predicted octanol–water partition coefficient (Wildman–Crippen LogP) is 5.17. The van der Waals surface area contributed by atoms with E-state index in [9.17, 15) is 0 Å². The van der Waals surface area contributed by atoms with Crippen LogP contribution in [0.1, 0.15) is 77.6 Å². The highest BCUT2D eigenvalue weighted by Crippen LogP contribution is 2.38. The van der Waals surface area contributed by atoms with Crippen LogP contribution in [0.2, 0.25) is 0 Å². The van der Waals surface area contributed by atoms with Crippen LogP contribution in [0.25, 0.3) is 0 Å². The lowest BCUT2D eigenvalue weighted by Crippen LogP contribution is -2.03. The molecule has 0 saturated heterocycles. The van der Waals surface area contributed by atoms with Gasteiger partial charge in [0.1, 0.15) is 0 Å². The van der Waals surface area contributed by atoms with Crippen molar-refractivity contribution in [2.75, 3.05) is 0 Å². The van der Waals surface area contributed by atoms with Crippen molar-refractivity contribution in [1.29, 1.82) is 0 Å². The largest absolute Gasteiger partial charge is 0.0625 e. The highest BCUT2D eigenvalue weighted by atomic mass is 14.3. The normalized spacial score (nSPS) is 39.4. The lowest BCUT2D eigenvalue weighted by atomic mass is 9.89. The molecule has 2 rings (SSSR count). The van der Waals surface area contributed by atoms with E-state index in [-0.39, 0.29) is 0 Å². The first-order valence-electron chi connectivity index (χ1n) is 7.34. The number of fused-ring (bicyclic) bond motifs is 2. The van der Waals surface area contributed by atoms with Gasteiger partial charge in [-0.15, -0.1) is 0 Å². The second-order valence-electron chi connectivity index (χ2n) is 6.22. The molecular formula is C15H28. The first-order chi connectivity index (χ1) is 7.34. The van der Waals surface area contributed by atoms with Gasteiger partial charge in [0, 0.05) is 0 Å². The van der Waals surface area contributed by atoms with Gasteiger partial charge >= 0.3 is 0 Å². The average Bonchev–Trinajstić information content (AvgIpc) is 2.67. The maximum absolute atomic E-state index is 2.47. The molecule has 0 amide bonds. The molecule has 88 valence electrons. The van der Waals surface area contributed by atoms with Gasteiger partial charge in [-0.25, -0.2) is 0 Å². The van der Waals surface area contributed by atoms with E-state index in [0.29, 0.717) is 0 Å². The fourth-order valence-electron chi connectivity index (χ4n) is 3.65. The molecular weight excluding hydrogens is 180 g/mol. The van der Waals surface area contributed by atoms with Crippen molar-refractivity contribution in [3.8, 4) is 0 Å². The molecule has 0 N–H and O–H groups in total. The Bertz CT molecular complexity index is 173. The third kappa shape index (κ3) is 3.81. The molecule has 15 heavy (non-hydrogen) atoms. The van der Waals surface area contributed by atoms with Gasteiger partial charge in [-0.1, -0.05) is 71.1 Å². The second kappa shape index (κ2) is 5.92. The second-order valence-corrected chi connectivity index (χ2v) is 6.22. The Labute approximate surface area is 95.8 Å². The Balaban J connectivity index is 1.80. The van der Waals surface area contributed by atoms with Crippen molar-refractivity contribution in [3.05, 3.63) is 0 Å². The highest BCUT2D eigenvalue weighted by molar-refractivity contribution is 4.76. The van der Waals surface area contributed by atoms with E-state index in [4.69, 9.17) is 0 Å². The molecule has 0 heteroatoms. The fraction of sp³-hybridized carbons (Fsp3) is 1.00. The minimum Gasteiger partial charge on any atom is -0.0625 e. The molecule has 2 fully saturated rings. The Morgan fingerprint density at radius 3 is 2.00 bits per heavy atom. The van der Waals surface area contributed by atoms with E-state index in [1.54, 1.807) is 25.7 Å². The van der Waals surface area contributed by atoms with Crippen LogP contribution >= 0.6 is 0 Å². The van der Waals surface area contributed by atoms with Crippen LogP contribution in [0, 0.1) is 17.8 Å². The Kier molecular flexibility index (Phi) is 4.53. The molecule has 0 aromatic heterocycles. The summed E-state index contributed by atoms with van der Waals surface area (Å²) in [5.74, 6) is 3.23. The lowest BCUT2D eigenvalue weighted by molar-refractivity contribution is 0.361. The summed E-state index contributed by atoms with van der Waals surface area (Å²) in [4.78, 5) is 0. The van der Waals surface area contributed by atoms with E-state index in [0.717, 1.165) is 17.8 Å². The minimum absolute atomic E-state index is 1.00. The van der Waals surface area contributed by atoms with Crippen molar-refractivity contribution in [2.45, 2.75) is 77.6 Å². The third-order valence-corrected chi connectivity index (χ3v) is 4.78. The summed E-state index contributed by atoms with van der Waals surface area (Å²) in [6.07, 6.45) is 16.8. The summed E-state index contributed by atoms with van der Waals surface area (Å²) in [7, 11) is 0. The molecule has 2 aliphatic rings. The zero-order valence-electron chi connectivity index (χ0n) is 10.5. The van der Waals surface area contributed by atoms with Crippen LogP contribution in [-0.2, 0) is 0 Å². The molecule has 0 radical (unpaired) electrons. The molecule has 0 heterocycles. The molecule has 0 aromatic carbocycles. The SMILES string of the molecule is CC1CCCCCCC2CCC(CC1)C2. The maximum Gasteiger partial charge on any atom is -0.0411 e. The predicted molar refractivity (Wildman–Crippen MR) is 66.9 cm³/mol. The van der Waals surface area contributed by atoms with Gasteiger partial charge in [0.15, 0.2) is 0 Å². The standard InChI is InChI=1S/C15H28/c1-13-6-4-2-3-5-7-14-10-11-15(12-14)9-8-13/h13-15H,2-12H2,1H3. The molecule has 3 unspecified atom stereocenters. The summed E-state index contributed by atoms with van der Waals surface area (Å²) in [6, 6.07) is 0. The zero-order valence-corrected chi connectivity index (χ0v) is 10.5.